The molecule has 3 aromatic rings. The molecule has 3 rings (SSSR count). The van der Waals surface area contributed by atoms with Crippen molar-refractivity contribution in [3.8, 4) is 17.1 Å². The third-order valence-corrected chi connectivity index (χ3v) is 4.44. The lowest BCUT2D eigenvalue weighted by Gasteiger charge is -2.13. The third-order valence-electron chi connectivity index (χ3n) is 4.44. The normalized spacial score (nSPS) is 13.1. The molecule has 1 unspecified atom stereocenters. The second kappa shape index (κ2) is 8.03. The Hall–Kier alpha value is -3.16. The number of ether oxygens (including phenoxy) is 1. The van der Waals surface area contributed by atoms with Gasteiger partial charge in [0.25, 0.3) is 0 Å². The van der Waals surface area contributed by atoms with Crippen molar-refractivity contribution in [1.82, 2.24) is 24.4 Å². The number of amides is 1. The van der Waals surface area contributed by atoms with Crippen LogP contribution in [0.15, 0.2) is 42.5 Å². The Balaban J connectivity index is 1.71. The van der Waals surface area contributed by atoms with Crippen molar-refractivity contribution in [3.63, 3.8) is 0 Å². The fourth-order valence-electron chi connectivity index (χ4n) is 2.89. The number of hydrogen-bond donors (Lipinski definition) is 1. The highest BCUT2D eigenvalue weighted by atomic mass is 16.5. The highest BCUT2D eigenvalue weighted by Crippen LogP contribution is 2.24. The van der Waals surface area contributed by atoms with E-state index in [0.717, 1.165) is 23.2 Å². The summed E-state index contributed by atoms with van der Waals surface area (Å²) in [6, 6.07) is 1.86. The van der Waals surface area contributed by atoms with Gasteiger partial charge in [-0.2, -0.15) is 10.2 Å². The quantitative estimate of drug-likeness (QED) is 0.615. The molecule has 0 aliphatic carbocycles. The second-order valence-corrected chi connectivity index (χ2v) is 6.62. The van der Waals surface area contributed by atoms with Crippen LogP contribution in [0.1, 0.15) is 26.7 Å². The maximum absolute atomic E-state index is 11.3. The number of aryl methyl sites for hydroxylation is 1. The predicted molar refractivity (Wildman–Crippen MR) is 102 cm³/mol. The zero-order chi connectivity index (χ0) is 19.4. The summed E-state index contributed by atoms with van der Waals surface area (Å²) in [5, 5.41) is 8.48. The van der Waals surface area contributed by atoms with E-state index in [1.54, 1.807) is 27.7 Å². The third kappa shape index (κ3) is 4.33. The first-order valence-electron chi connectivity index (χ1n) is 8.89. The summed E-state index contributed by atoms with van der Waals surface area (Å²) in [4.78, 5) is 16.0. The minimum atomic E-state index is -0.364. The molecule has 0 saturated carbocycles. The lowest BCUT2D eigenvalue weighted by Crippen LogP contribution is -2.16. The summed E-state index contributed by atoms with van der Waals surface area (Å²) >= 11 is 0. The SMILES string of the molecule is C/C=C(/CC(C)CCOc1nc(-c2cnn(C)c2)cn2nccc12)C(N)=O. The summed E-state index contributed by atoms with van der Waals surface area (Å²) in [6.07, 6.45) is 10.4. The molecule has 0 fully saturated rings. The van der Waals surface area contributed by atoms with Gasteiger partial charge in [-0.3, -0.25) is 9.48 Å². The van der Waals surface area contributed by atoms with Crippen molar-refractivity contribution < 1.29 is 9.53 Å². The Morgan fingerprint density at radius 1 is 1.37 bits per heavy atom. The Kier molecular flexibility index (Phi) is 5.54. The number of hydrogen-bond acceptors (Lipinski definition) is 5. The molecule has 0 radical (unpaired) electrons. The van der Waals surface area contributed by atoms with Gasteiger partial charge in [-0.25, -0.2) is 9.50 Å². The summed E-state index contributed by atoms with van der Waals surface area (Å²) in [5.41, 5.74) is 8.47. The largest absolute Gasteiger partial charge is 0.476 e. The van der Waals surface area contributed by atoms with Gasteiger partial charge in [-0.05, 0) is 31.7 Å². The monoisotopic (exact) mass is 368 g/mol. The maximum atomic E-state index is 11.3. The zero-order valence-electron chi connectivity index (χ0n) is 15.8. The van der Waals surface area contributed by atoms with Crippen molar-refractivity contribution in [2.75, 3.05) is 6.61 Å². The molecule has 0 bridgehead atoms. The minimum Gasteiger partial charge on any atom is -0.476 e. The van der Waals surface area contributed by atoms with Crippen LogP contribution in [0.2, 0.25) is 0 Å². The number of carbonyl (C=O) groups is 1. The van der Waals surface area contributed by atoms with Gasteiger partial charge in [0.1, 0.15) is 5.52 Å². The van der Waals surface area contributed by atoms with Gasteiger partial charge in [0, 0.05) is 24.4 Å². The van der Waals surface area contributed by atoms with Gasteiger partial charge < -0.3 is 10.5 Å². The van der Waals surface area contributed by atoms with Crippen molar-refractivity contribution in [1.29, 1.82) is 0 Å². The smallest absolute Gasteiger partial charge is 0.244 e. The summed E-state index contributed by atoms with van der Waals surface area (Å²) in [5.74, 6) is 0.436. The Labute approximate surface area is 157 Å². The van der Waals surface area contributed by atoms with Crippen LogP contribution >= 0.6 is 0 Å². The molecule has 1 atom stereocenters. The van der Waals surface area contributed by atoms with Crippen LogP contribution in [0, 0.1) is 5.92 Å². The van der Waals surface area contributed by atoms with Crippen molar-refractivity contribution >= 4 is 11.4 Å². The van der Waals surface area contributed by atoms with Crippen LogP contribution < -0.4 is 10.5 Å². The molecule has 0 spiro atoms. The molecule has 0 aliphatic heterocycles. The van der Waals surface area contributed by atoms with E-state index < -0.39 is 0 Å². The van der Waals surface area contributed by atoms with Crippen LogP contribution in [0.3, 0.4) is 0 Å². The standard InChI is InChI=1S/C19H24N6O2/c1-4-14(18(20)26)9-13(2)6-8-27-19-17-5-7-21-25(17)12-16(23-19)15-10-22-24(3)11-15/h4-5,7,10-13H,6,8-9H2,1-3H3,(H2,20,26)/b14-4-. The first-order valence-corrected chi connectivity index (χ1v) is 8.89. The molecule has 3 aromatic heterocycles. The van der Waals surface area contributed by atoms with Crippen LogP contribution in [-0.4, -0.2) is 36.9 Å². The molecule has 142 valence electrons. The topological polar surface area (TPSA) is 100 Å². The lowest BCUT2D eigenvalue weighted by molar-refractivity contribution is -0.114. The van der Waals surface area contributed by atoms with Gasteiger partial charge in [0.15, 0.2) is 0 Å². The second-order valence-electron chi connectivity index (χ2n) is 6.62. The number of nitrogens with zero attached hydrogens (tertiary/aromatic N) is 5. The fraction of sp³-hybridized carbons (Fsp3) is 0.368. The Morgan fingerprint density at radius 2 is 2.19 bits per heavy atom. The average molecular weight is 368 g/mol. The first kappa shape index (κ1) is 18.6. The summed E-state index contributed by atoms with van der Waals surface area (Å²) in [7, 11) is 1.86. The number of carbonyl (C=O) groups excluding carboxylic acids is 1. The highest BCUT2D eigenvalue weighted by Gasteiger charge is 2.13. The van der Waals surface area contributed by atoms with Gasteiger partial charge in [-0.1, -0.05) is 13.0 Å². The highest BCUT2D eigenvalue weighted by molar-refractivity contribution is 5.91. The van der Waals surface area contributed by atoms with E-state index >= 15 is 0 Å². The van der Waals surface area contributed by atoms with Crippen LogP contribution in [0.4, 0.5) is 0 Å². The van der Waals surface area contributed by atoms with Crippen LogP contribution in [-0.2, 0) is 11.8 Å². The number of primary amides is 1. The van der Waals surface area contributed by atoms with Crippen LogP contribution in [0.25, 0.3) is 16.8 Å². The molecule has 1 amide bonds. The number of allylic oxidation sites excluding steroid dienone is 1. The van der Waals surface area contributed by atoms with E-state index in [1.807, 2.05) is 32.4 Å². The molecule has 8 heteroatoms. The van der Waals surface area contributed by atoms with Gasteiger partial charge in [-0.15, -0.1) is 0 Å². The van der Waals surface area contributed by atoms with E-state index in [9.17, 15) is 4.79 Å². The fourth-order valence-corrected chi connectivity index (χ4v) is 2.89. The van der Waals surface area contributed by atoms with Gasteiger partial charge in [0.05, 0.1) is 30.9 Å². The number of aromatic nitrogens is 5. The van der Waals surface area contributed by atoms with E-state index in [1.165, 1.54) is 0 Å². The number of nitrogens with two attached hydrogens (primary N) is 1. The lowest BCUT2D eigenvalue weighted by atomic mass is 9.98. The van der Waals surface area contributed by atoms with E-state index in [2.05, 4.69) is 22.1 Å². The molecule has 27 heavy (non-hydrogen) atoms. The number of fused-ring (bicyclic) bond motifs is 1. The molecule has 0 aromatic carbocycles. The van der Waals surface area contributed by atoms with Gasteiger partial charge >= 0.3 is 0 Å². The van der Waals surface area contributed by atoms with Crippen molar-refractivity contribution in [3.05, 3.63) is 42.5 Å². The average Bonchev–Trinajstić information content (AvgIpc) is 3.27. The summed E-state index contributed by atoms with van der Waals surface area (Å²) < 4.78 is 9.43. The predicted octanol–water partition coefficient (Wildman–Crippen LogP) is 2.36. The molecule has 3 heterocycles. The zero-order valence-corrected chi connectivity index (χ0v) is 15.8. The molecule has 0 aliphatic rings. The van der Waals surface area contributed by atoms with E-state index in [4.69, 9.17) is 10.5 Å². The van der Waals surface area contributed by atoms with Crippen LogP contribution in [0.5, 0.6) is 5.88 Å². The molecule has 2 N–H and O–H groups in total. The minimum absolute atomic E-state index is 0.270. The molecular weight excluding hydrogens is 344 g/mol. The molecule has 8 nitrogen and oxygen atoms in total. The van der Waals surface area contributed by atoms with E-state index in [-0.39, 0.29) is 11.8 Å². The van der Waals surface area contributed by atoms with E-state index in [0.29, 0.717) is 24.5 Å². The summed E-state index contributed by atoms with van der Waals surface area (Å²) in [6.45, 7) is 4.39. The Morgan fingerprint density at radius 3 is 2.85 bits per heavy atom. The molecular formula is C19H24N6O2. The maximum Gasteiger partial charge on any atom is 0.244 e. The number of rotatable bonds is 8. The Bertz CT molecular complexity index is 972. The van der Waals surface area contributed by atoms with Crippen molar-refractivity contribution in [2.45, 2.75) is 26.7 Å². The first-order chi connectivity index (χ1) is 13.0. The van der Waals surface area contributed by atoms with Crippen molar-refractivity contribution in [2.24, 2.45) is 18.7 Å². The van der Waals surface area contributed by atoms with Gasteiger partial charge in [0.2, 0.25) is 11.8 Å². The molecule has 0 saturated heterocycles.